The summed E-state index contributed by atoms with van der Waals surface area (Å²) in [5.74, 6) is 0. The zero-order valence-electron chi connectivity index (χ0n) is 76.9. The van der Waals surface area contributed by atoms with Crippen LogP contribution in [0.3, 0.4) is 0 Å². The van der Waals surface area contributed by atoms with Crippen LogP contribution < -0.4 is 26.2 Å². The number of rotatable bonds is 8. The number of anilines is 6. The summed E-state index contributed by atoms with van der Waals surface area (Å²) in [6, 6.07) is 130. The highest BCUT2D eigenvalue weighted by Gasteiger charge is 2.47. The van der Waals surface area contributed by atoms with Gasteiger partial charge in [0, 0.05) is 110 Å². The fourth-order valence-corrected chi connectivity index (χ4v) is 22.2. The third-order valence-electron chi connectivity index (χ3n) is 28.9. The van der Waals surface area contributed by atoms with E-state index in [1.165, 1.54) is 87.3 Å². The van der Waals surface area contributed by atoms with Gasteiger partial charge in [0.15, 0.2) is 0 Å². The molecule has 131 heavy (non-hydrogen) atoms. The SMILES string of the molecule is CC(C)(C)c1ccc2c(c1)B1c3ccc(-n4c5ccc(C(C)(C)C)cc5c5cc(C(C)(C)C)ccc54)cc3N(c3c(-c4ccc5c(c4)oc4ccccc45)cccc3-n3c4ccccc4c4ccccc43)c3cc(-n4c5ccc(C(C)(C)C)cc5c5cc(C(C)(C)C)ccc54)cc(c31)N2c1c(-c2cccc3c2oc2ccccc23)cccc1-n1c2ccccc2c2ccccc21. The van der Waals surface area contributed by atoms with E-state index in [1.807, 2.05) is 0 Å². The van der Waals surface area contributed by atoms with Gasteiger partial charge in [0.05, 0.1) is 72.6 Å². The maximum Gasteiger partial charge on any atom is 0.252 e. The van der Waals surface area contributed by atoms with Crippen LogP contribution in [0.1, 0.15) is 132 Å². The molecule has 2 aliphatic rings. The van der Waals surface area contributed by atoms with Gasteiger partial charge in [-0.1, -0.05) is 304 Å². The third-order valence-corrected chi connectivity index (χ3v) is 28.9. The van der Waals surface area contributed by atoms with E-state index in [2.05, 4.69) is 472 Å². The Morgan fingerprint density at radius 1 is 0.214 bits per heavy atom. The smallest absolute Gasteiger partial charge is 0.252 e. The molecule has 0 spiro atoms. The van der Waals surface area contributed by atoms with Crippen molar-refractivity contribution in [3.8, 4) is 45.0 Å². The molecule has 17 aromatic carbocycles. The highest BCUT2D eigenvalue weighted by molar-refractivity contribution is 7.00. The molecule has 25 rings (SSSR count). The van der Waals surface area contributed by atoms with Crippen LogP contribution in [0, 0.1) is 0 Å². The van der Waals surface area contributed by atoms with Crippen LogP contribution in [0.5, 0.6) is 0 Å². The second-order valence-corrected chi connectivity index (χ2v) is 42.0. The summed E-state index contributed by atoms with van der Waals surface area (Å²) in [7, 11) is 0. The van der Waals surface area contributed by atoms with E-state index in [9.17, 15) is 0 Å². The number of nitrogens with zero attached hydrogens (tertiary/aromatic N) is 6. The molecule has 0 bridgehead atoms. The number of fused-ring (bicyclic) bond motifs is 22. The Morgan fingerprint density at radius 2 is 0.580 bits per heavy atom. The number of aromatic nitrogens is 4. The third kappa shape index (κ3) is 11.8. The van der Waals surface area contributed by atoms with Gasteiger partial charge in [-0.15, -0.1) is 0 Å². The molecule has 0 aliphatic carbocycles. The molecular formula is C122H101BN6O2. The van der Waals surface area contributed by atoms with Crippen LogP contribution in [0.25, 0.3) is 176 Å². The topological polar surface area (TPSA) is 52.5 Å². The average molecular weight is 1690 g/mol. The molecule has 6 aromatic heterocycles. The lowest BCUT2D eigenvalue weighted by molar-refractivity contribution is 0.590. The maximum absolute atomic E-state index is 7.37. The van der Waals surface area contributed by atoms with Crippen molar-refractivity contribution < 1.29 is 8.83 Å². The summed E-state index contributed by atoms with van der Waals surface area (Å²) < 4.78 is 24.8. The predicted octanol–water partition coefficient (Wildman–Crippen LogP) is 31.8. The molecule has 0 radical (unpaired) electrons. The Morgan fingerprint density at radius 3 is 1.07 bits per heavy atom. The van der Waals surface area contributed by atoms with E-state index >= 15 is 0 Å². The Kier molecular flexibility index (Phi) is 16.7. The van der Waals surface area contributed by atoms with Crippen molar-refractivity contribution in [3.05, 3.63) is 368 Å². The molecule has 0 N–H and O–H groups in total. The summed E-state index contributed by atoms with van der Waals surface area (Å²) in [6.45, 7) is 34.9. The lowest BCUT2D eigenvalue weighted by atomic mass is 9.33. The van der Waals surface area contributed by atoms with Gasteiger partial charge in [-0.3, -0.25) is 0 Å². The lowest BCUT2D eigenvalue weighted by Crippen LogP contribution is -2.61. The van der Waals surface area contributed by atoms with Crippen LogP contribution in [0.15, 0.2) is 349 Å². The fraction of sp³-hybridized carbons (Fsp3) is 0.164. The monoisotopic (exact) mass is 1690 g/mol. The highest BCUT2D eigenvalue weighted by Crippen LogP contribution is 2.57. The number of hydrogen-bond donors (Lipinski definition) is 0. The van der Waals surface area contributed by atoms with Crippen LogP contribution in [0.4, 0.5) is 34.1 Å². The first-order valence-corrected chi connectivity index (χ1v) is 46.5. The second kappa shape index (κ2) is 27.9. The summed E-state index contributed by atoms with van der Waals surface area (Å²) in [5.41, 5.74) is 35.8. The van der Waals surface area contributed by atoms with E-state index in [0.717, 1.165) is 167 Å². The Hall–Kier alpha value is -14.8. The quantitative estimate of drug-likeness (QED) is 0.142. The van der Waals surface area contributed by atoms with Gasteiger partial charge in [0.1, 0.15) is 22.3 Å². The van der Waals surface area contributed by atoms with Gasteiger partial charge in [-0.2, -0.15) is 0 Å². The normalized spacial score (nSPS) is 13.4. The minimum absolute atomic E-state index is 0.113. The van der Waals surface area contributed by atoms with Crippen LogP contribution in [0.2, 0.25) is 0 Å². The van der Waals surface area contributed by atoms with E-state index in [1.54, 1.807) is 0 Å². The van der Waals surface area contributed by atoms with E-state index < -0.39 is 0 Å². The maximum atomic E-state index is 7.37. The molecule has 0 fully saturated rings. The number of hydrogen-bond acceptors (Lipinski definition) is 4. The first-order chi connectivity index (χ1) is 63.2. The van der Waals surface area contributed by atoms with E-state index in [-0.39, 0.29) is 33.8 Å². The molecule has 9 heteroatoms. The van der Waals surface area contributed by atoms with Crippen molar-refractivity contribution in [1.82, 2.24) is 18.3 Å². The largest absolute Gasteiger partial charge is 0.456 e. The first kappa shape index (κ1) is 78.5. The molecule has 634 valence electrons. The summed E-state index contributed by atoms with van der Waals surface area (Å²) in [5, 5.41) is 13.9. The van der Waals surface area contributed by atoms with Crippen LogP contribution >= 0.6 is 0 Å². The zero-order chi connectivity index (χ0) is 89.1. The first-order valence-electron chi connectivity index (χ1n) is 46.5. The van der Waals surface area contributed by atoms with Gasteiger partial charge >= 0.3 is 0 Å². The minimum Gasteiger partial charge on any atom is -0.456 e. The molecule has 2 aliphatic heterocycles. The summed E-state index contributed by atoms with van der Waals surface area (Å²) in [4.78, 5) is 5.48. The number of furan rings is 2. The molecule has 0 saturated heterocycles. The molecule has 23 aromatic rings. The lowest BCUT2D eigenvalue weighted by Gasteiger charge is -2.46. The van der Waals surface area contributed by atoms with Crippen molar-refractivity contribution in [2.45, 2.75) is 131 Å². The molecule has 0 unspecified atom stereocenters. The summed E-state index contributed by atoms with van der Waals surface area (Å²) >= 11 is 0. The van der Waals surface area contributed by atoms with Gasteiger partial charge in [-0.05, 0) is 216 Å². The number of benzene rings is 17. The minimum atomic E-state index is -0.384. The van der Waals surface area contributed by atoms with Crippen LogP contribution in [-0.2, 0) is 27.1 Å². The van der Waals surface area contributed by atoms with Crippen molar-refractivity contribution in [1.29, 1.82) is 0 Å². The van der Waals surface area contributed by atoms with E-state index in [0.29, 0.717) is 0 Å². The average Bonchev–Trinajstić information content (AvgIpc) is 1.48. The highest BCUT2D eigenvalue weighted by atomic mass is 16.3. The molecule has 0 saturated carbocycles. The van der Waals surface area contributed by atoms with Crippen molar-refractivity contribution >= 4 is 188 Å². The van der Waals surface area contributed by atoms with E-state index in [4.69, 9.17) is 8.83 Å². The molecule has 8 heterocycles. The standard InChI is InChI=1S/C122H101BN6O2/c1-118(2,3)73-50-58-101-91(64-73)92-65-74(119(4,5)6)51-59-102(92)124(101)78-55-57-95-108(69-78)129(115-80(72-49-56-87-85-35-20-26-47-111(85)130-113(87)63-72)37-29-45-106(115)126-97-41-22-16-31-81(97)82-32-17-23-42-98(82)126)110-71-79(125-103-60-52-75(120(7,8)9)66-93(103)94-67-76(121(10,11)12)53-61-104(94)125)70-109-114(110)123(95)96-68-77(122(13,14)15)54-62-105(96)128(109)116-88(90-40-28-39-89-86-36-21-27-48-112(86)131-117(89)90)38-30-46-107(116)127-99-43-24-18-33-83(99)84-34-19-25-44-100(84)127/h16-71H,1-15H3. The Labute approximate surface area is 763 Å². The van der Waals surface area contributed by atoms with Crippen molar-refractivity contribution in [3.63, 3.8) is 0 Å². The molecule has 0 amide bonds. The van der Waals surface area contributed by atoms with Crippen molar-refractivity contribution in [2.75, 3.05) is 9.80 Å². The van der Waals surface area contributed by atoms with Crippen LogP contribution in [-0.4, -0.2) is 25.0 Å². The van der Waals surface area contributed by atoms with Gasteiger partial charge in [0.2, 0.25) is 0 Å². The van der Waals surface area contributed by atoms with Gasteiger partial charge in [-0.25, -0.2) is 0 Å². The predicted molar refractivity (Wildman–Crippen MR) is 557 cm³/mol. The number of para-hydroxylation sites is 9. The Balaban J connectivity index is 0.899. The molecule has 8 nitrogen and oxygen atoms in total. The zero-order valence-corrected chi connectivity index (χ0v) is 76.9. The summed E-state index contributed by atoms with van der Waals surface area (Å²) in [6.07, 6.45) is 0. The van der Waals surface area contributed by atoms with Crippen molar-refractivity contribution in [2.24, 2.45) is 0 Å². The fourth-order valence-electron chi connectivity index (χ4n) is 22.2. The van der Waals surface area contributed by atoms with Gasteiger partial charge < -0.3 is 36.9 Å². The Bertz CT molecular complexity index is 8610. The second-order valence-electron chi connectivity index (χ2n) is 42.0. The molecule has 0 atom stereocenters. The van der Waals surface area contributed by atoms with Gasteiger partial charge in [0.25, 0.3) is 6.71 Å². The molecular weight excluding hydrogens is 1590 g/mol.